The summed E-state index contributed by atoms with van der Waals surface area (Å²) in [6, 6.07) is 5.05. The largest absolute Gasteiger partial charge is 0.433 e. The van der Waals surface area contributed by atoms with Gasteiger partial charge in [0.05, 0.1) is 4.92 Å². The number of aryl methyl sites for hydroxylation is 2. The molecule has 1 N–H and O–H groups in total. The fourth-order valence-electron chi connectivity index (χ4n) is 1.72. The van der Waals surface area contributed by atoms with Gasteiger partial charge < -0.3 is 10.1 Å². The normalized spacial score (nSPS) is 10.3. The monoisotopic (exact) mass is 308 g/mol. The van der Waals surface area contributed by atoms with E-state index in [1.165, 1.54) is 6.92 Å². The summed E-state index contributed by atoms with van der Waals surface area (Å²) in [5, 5.41) is 14.4. The second kappa shape index (κ2) is 5.92. The predicted molar refractivity (Wildman–Crippen MR) is 79.2 cm³/mol. The smallest absolute Gasteiger partial charge is 0.352 e. The standard InChI is InChI=1S/C13H13ClN4O3/c1-7-4-5-9(14)6-10(7)21-12-11(18(19)20)8(2)16-13(15-3)17-12/h4-6H,1-3H3,(H,15,16,17). The van der Waals surface area contributed by atoms with Crippen LogP contribution in [0.3, 0.4) is 0 Å². The number of anilines is 1. The van der Waals surface area contributed by atoms with Gasteiger partial charge in [0.1, 0.15) is 11.4 Å². The maximum Gasteiger partial charge on any atom is 0.352 e. The summed E-state index contributed by atoms with van der Waals surface area (Å²) >= 11 is 5.92. The van der Waals surface area contributed by atoms with E-state index in [0.717, 1.165) is 5.56 Å². The molecule has 0 spiro atoms. The van der Waals surface area contributed by atoms with Crippen molar-refractivity contribution in [1.82, 2.24) is 9.97 Å². The van der Waals surface area contributed by atoms with Crippen molar-refractivity contribution in [2.45, 2.75) is 13.8 Å². The third kappa shape index (κ3) is 3.19. The molecule has 2 rings (SSSR count). The molecule has 7 nitrogen and oxygen atoms in total. The van der Waals surface area contributed by atoms with Crippen molar-refractivity contribution in [1.29, 1.82) is 0 Å². The Labute approximate surface area is 126 Å². The molecule has 0 saturated heterocycles. The first kappa shape index (κ1) is 15.0. The van der Waals surface area contributed by atoms with Crippen molar-refractivity contribution < 1.29 is 9.66 Å². The van der Waals surface area contributed by atoms with Gasteiger partial charge in [-0.2, -0.15) is 4.98 Å². The minimum atomic E-state index is -0.565. The van der Waals surface area contributed by atoms with Gasteiger partial charge in [0, 0.05) is 12.1 Å². The molecule has 0 atom stereocenters. The molecule has 1 aromatic carbocycles. The topological polar surface area (TPSA) is 90.2 Å². The molecule has 0 unspecified atom stereocenters. The zero-order valence-electron chi connectivity index (χ0n) is 11.7. The van der Waals surface area contributed by atoms with Crippen molar-refractivity contribution in [3.05, 3.63) is 44.6 Å². The molecule has 1 heterocycles. The van der Waals surface area contributed by atoms with Gasteiger partial charge in [0.2, 0.25) is 5.95 Å². The Morgan fingerprint density at radius 3 is 2.67 bits per heavy atom. The molecule has 2 aromatic rings. The van der Waals surface area contributed by atoms with Gasteiger partial charge >= 0.3 is 11.6 Å². The lowest BCUT2D eigenvalue weighted by Gasteiger charge is -2.10. The van der Waals surface area contributed by atoms with E-state index < -0.39 is 4.92 Å². The van der Waals surface area contributed by atoms with Crippen LogP contribution in [0.2, 0.25) is 5.02 Å². The zero-order chi connectivity index (χ0) is 15.6. The molecule has 8 heteroatoms. The summed E-state index contributed by atoms with van der Waals surface area (Å²) in [7, 11) is 1.62. The Kier molecular flexibility index (Phi) is 4.23. The number of nitrogens with zero attached hydrogens (tertiary/aromatic N) is 3. The number of hydrogen-bond acceptors (Lipinski definition) is 6. The maximum atomic E-state index is 11.2. The van der Waals surface area contributed by atoms with Crippen molar-refractivity contribution >= 4 is 23.2 Å². The van der Waals surface area contributed by atoms with Crippen LogP contribution in [0.25, 0.3) is 0 Å². The Morgan fingerprint density at radius 1 is 1.33 bits per heavy atom. The number of nitro groups is 1. The van der Waals surface area contributed by atoms with Gasteiger partial charge in [-0.15, -0.1) is 0 Å². The summed E-state index contributed by atoms with van der Waals surface area (Å²) in [4.78, 5) is 18.6. The van der Waals surface area contributed by atoms with E-state index in [9.17, 15) is 10.1 Å². The van der Waals surface area contributed by atoms with Crippen LogP contribution in [0, 0.1) is 24.0 Å². The van der Waals surface area contributed by atoms with Crippen molar-refractivity contribution in [3.63, 3.8) is 0 Å². The van der Waals surface area contributed by atoms with Crippen molar-refractivity contribution in [2.24, 2.45) is 0 Å². The highest BCUT2D eigenvalue weighted by Crippen LogP contribution is 2.34. The van der Waals surface area contributed by atoms with Crippen LogP contribution in [-0.4, -0.2) is 21.9 Å². The van der Waals surface area contributed by atoms with Gasteiger partial charge in [-0.25, -0.2) is 4.98 Å². The van der Waals surface area contributed by atoms with Crippen molar-refractivity contribution in [2.75, 3.05) is 12.4 Å². The molecule has 0 bridgehead atoms. The lowest BCUT2D eigenvalue weighted by Crippen LogP contribution is -2.05. The van der Waals surface area contributed by atoms with E-state index in [2.05, 4.69) is 15.3 Å². The molecule has 1 aromatic heterocycles. The molecule has 21 heavy (non-hydrogen) atoms. The molecular formula is C13H13ClN4O3. The van der Waals surface area contributed by atoms with Crippen molar-refractivity contribution in [3.8, 4) is 11.6 Å². The van der Waals surface area contributed by atoms with Crippen LogP contribution >= 0.6 is 11.6 Å². The van der Waals surface area contributed by atoms with Gasteiger partial charge in [-0.3, -0.25) is 10.1 Å². The Morgan fingerprint density at radius 2 is 2.05 bits per heavy atom. The summed E-state index contributed by atoms with van der Waals surface area (Å²) in [5.41, 5.74) is 0.735. The number of hydrogen-bond donors (Lipinski definition) is 1. The molecule has 0 aliphatic carbocycles. The Balaban J connectivity index is 2.54. The zero-order valence-corrected chi connectivity index (χ0v) is 12.4. The summed E-state index contributed by atoms with van der Waals surface area (Å²) < 4.78 is 5.59. The van der Waals surface area contributed by atoms with Crippen LogP contribution < -0.4 is 10.1 Å². The van der Waals surface area contributed by atoms with Gasteiger partial charge in [-0.05, 0) is 31.5 Å². The predicted octanol–water partition coefficient (Wildman–Crippen LogP) is 3.49. The molecule has 0 amide bonds. The number of ether oxygens (including phenoxy) is 1. The second-order valence-corrected chi connectivity index (χ2v) is 4.74. The highest BCUT2D eigenvalue weighted by atomic mass is 35.5. The Hall–Kier alpha value is -2.41. The summed E-state index contributed by atoms with van der Waals surface area (Å²) in [5.74, 6) is 0.528. The highest BCUT2D eigenvalue weighted by molar-refractivity contribution is 6.30. The summed E-state index contributed by atoms with van der Waals surface area (Å²) in [6.45, 7) is 3.34. The number of aromatic nitrogens is 2. The first-order chi connectivity index (χ1) is 9.92. The van der Waals surface area contributed by atoms with Crippen LogP contribution in [-0.2, 0) is 0 Å². The van der Waals surface area contributed by atoms with E-state index in [1.54, 1.807) is 25.2 Å². The number of halogens is 1. The minimum Gasteiger partial charge on any atom is -0.433 e. The molecule has 0 fully saturated rings. The lowest BCUT2D eigenvalue weighted by atomic mass is 10.2. The average molecular weight is 309 g/mol. The average Bonchev–Trinajstić information content (AvgIpc) is 2.41. The molecule has 0 aliphatic rings. The van der Waals surface area contributed by atoms with E-state index in [1.807, 2.05) is 6.92 Å². The highest BCUT2D eigenvalue weighted by Gasteiger charge is 2.24. The first-order valence-corrected chi connectivity index (χ1v) is 6.45. The fraction of sp³-hybridized carbons (Fsp3) is 0.231. The quantitative estimate of drug-likeness (QED) is 0.687. The Bertz CT molecular complexity index is 706. The maximum absolute atomic E-state index is 11.2. The van der Waals surface area contributed by atoms with Crippen LogP contribution in [0.1, 0.15) is 11.3 Å². The van der Waals surface area contributed by atoms with Crippen LogP contribution in [0.5, 0.6) is 11.6 Å². The van der Waals surface area contributed by atoms with E-state index in [-0.39, 0.29) is 23.2 Å². The van der Waals surface area contributed by atoms with Crippen LogP contribution in [0.4, 0.5) is 11.6 Å². The molecule has 0 saturated carbocycles. The number of rotatable bonds is 4. The van der Waals surface area contributed by atoms with E-state index >= 15 is 0 Å². The van der Waals surface area contributed by atoms with E-state index in [4.69, 9.17) is 16.3 Å². The van der Waals surface area contributed by atoms with Gasteiger partial charge in [0.25, 0.3) is 0 Å². The molecule has 0 aliphatic heterocycles. The minimum absolute atomic E-state index is 0.123. The molecular weight excluding hydrogens is 296 g/mol. The fourth-order valence-corrected chi connectivity index (χ4v) is 1.88. The molecule has 110 valence electrons. The van der Waals surface area contributed by atoms with Crippen LogP contribution in [0.15, 0.2) is 18.2 Å². The number of nitrogens with one attached hydrogen (secondary N) is 1. The third-order valence-electron chi connectivity index (χ3n) is 2.79. The SMILES string of the molecule is CNc1nc(C)c([N+](=O)[O-])c(Oc2cc(Cl)ccc2C)n1. The van der Waals surface area contributed by atoms with Gasteiger partial charge in [-0.1, -0.05) is 17.7 Å². The third-order valence-corrected chi connectivity index (χ3v) is 3.02. The number of benzene rings is 1. The molecule has 0 radical (unpaired) electrons. The summed E-state index contributed by atoms with van der Waals surface area (Å²) in [6.07, 6.45) is 0. The second-order valence-electron chi connectivity index (χ2n) is 4.31. The van der Waals surface area contributed by atoms with E-state index in [0.29, 0.717) is 10.8 Å². The van der Waals surface area contributed by atoms with Gasteiger partial charge in [0.15, 0.2) is 0 Å². The lowest BCUT2D eigenvalue weighted by molar-refractivity contribution is -0.386. The first-order valence-electron chi connectivity index (χ1n) is 6.07.